The Morgan fingerprint density at radius 1 is 0.472 bits per heavy atom. The minimum Gasteiger partial charge on any atom is -0.355 e. The maximum absolute atomic E-state index is 6.99. The topological polar surface area (TPSA) is 15.3 Å². The molecular weight excluding hydrogens is 687 g/mol. The van der Waals surface area contributed by atoms with Crippen LogP contribution in [0.15, 0.2) is 187 Å². The van der Waals surface area contributed by atoms with Gasteiger partial charge in [-0.15, -0.1) is 0 Å². The first kappa shape index (κ1) is 31.9. The molecule has 254 valence electrons. The summed E-state index contributed by atoms with van der Waals surface area (Å²) in [7, 11) is 0. The van der Waals surface area contributed by atoms with Crippen LogP contribution in [-0.4, -0.2) is 0 Å². The maximum atomic E-state index is 6.99. The molecule has 0 saturated heterocycles. The van der Waals surface area contributed by atoms with E-state index in [0.717, 1.165) is 52.3 Å². The van der Waals surface area contributed by atoms with Crippen molar-refractivity contribution in [2.24, 2.45) is 0 Å². The Balaban J connectivity index is 1.33. The van der Waals surface area contributed by atoms with Crippen molar-refractivity contribution in [3.63, 3.8) is 0 Å². The molecule has 1 N–H and O–H groups in total. The number of nitrogens with one attached hydrogen (secondary N) is 1. The van der Waals surface area contributed by atoms with E-state index >= 15 is 0 Å². The van der Waals surface area contributed by atoms with E-state index in [9.17, 15) is 0 Å². The molecule has 0 amide bonds. The van der Waals surface area contributed by atoms with E-state index in [-0.39, 0.29) is 0 Å². The van der Waals surface area contributed by atoms with Crippen LogP contribution in [0.5, 0.6) is 0 Å². The molecule has 2 heterocycles. The molecule has 7 aromatic rings. The highest BCUT2D eigenvalue weighted by molar-refractivity contribution is 6.31. The number of anilines is 4. The van der Waals surface area contributed by atoms with E-state index in [4.69, 9.17) is 23.2 Å². The highest BCUT2D eigenvalue weighted by Crippen LogP contribution is 2.63. The SMILES string of the molecule is Clc1ccc2c(c1)C1(C3=C(CCC(c4ccccc4)=C3)N(c3ccc(-c4ccccc4)cc3)c3ccc(-c4ccccc4)cc31)c1cc(Cl)ccc1N2. The molecule has 2 nitrogen and oxygen atoms in total. The van der Waals surface area contributed by atoms with Crippen molar-refractivity contribution in [1.82, 2.24) is 0 Å². The third-order valence-corrected chi connectivity index (χ3v) is 11.6. The second-order valence-electron chi connectivity index (χ2n) is 14.0. The Hall–Kier alpha value is -5.80. The number of halogens is 2. The number of hydrogen-bond donors (Lipinski definition) is 1. The van der Waals surface area contributed by atoms with Gasteiger partial charge in [0.2, 0.25) is 0 Å². The first-order valence-corrected chi connectivity index (χ1v) is 18.9. The van der Waals surface area contributed by atoms with Gasteiger partial charge in [0.15, 0.2) is 0 Å². The maximum Gasteiger partial charge on any atom is 0.0780 e. The molecule has 0 unspecified atom stereocenters. The summed E-state index contributed by atoms with van der Waals surface area (Å²) in [5.41, 5.74) is 16.8. The second-order valence-corrected chi connectivity index (χ2v) is 14.9. The normalized spacial score (nSPS) is 15.1. The fourth-order valence-electron chi connectivity index (χ4n) is 8.76. The molecule has 0 aromatic heterocycles. The number of fused-ring (bicyclic) bond motifs is 7. The van der Waals surface area contributed by atoms with E-state index in [0.29, 0.717) is 10.0 Å². The van der Waals surface area contributed by atoms with Gasteiger partial charge < -0.3 is 10.2 Å². The van der Waals surface area contributed by atoms with Gasteiger partial charge in [0.1, 0.15) is 0 Å². The Morgan fingerprint density at radius 2 is 1.00 bits per heavy atom. The van der Waals surface area contributed by atoms with Crippen molar-refractivity contribution < 1.29 is 0 Å². The molecule has 0 bridgehead atoms. The van der Waals surface area contributed by atoms with Crippen LogP contribution in [0, 0.1) is 0 Å². The minimum absolute atomic E-state index is 0.695. The summed E-state index contributed by atoms with van der Waals surface area (Å²) in [4.78, 5) is 2.51. The number of rotatable bonds is 4. The van der Waals surface area contributed by atoms with Gasteiger partial charge in [-0.2, -0.15) is 0 Å². The zero-order chi connectivity index (χ0) is 35.5. The van der Waals surface area contributed by atoms with E-state index in [2.05, 4.69) is 174 Å². The zero-order valence-corrected chi connectivity index (χ0v) is 30.4. The summed E-state index contributed by atoms with van der Waals surface area (Å²) < 4.78 is 0. The lowest BCUT2D eigenvalue weighted by Crippen LogP contribution is -2.43. The number of benzene rings is 7. The molecule has 4 heteroatoms. The summed E-state index contributed by atoms with van der Waals surface area (Å²) in [5.74, 6) is 0. The number of allylic oxidation sites excluding steroid dienone is 4. The highest BCUT2D eigenvalue weighted by Gasteiger charge is 2.52. The molecule has 0 fully saturated rings. The monoisotopic (exact) mass is 720 g/mol. The number of hydrogen-bond acceptors (Lipinski definition) is 2. The Morgan fingerprint density at radius 3 is 1.60 bits per heavy atom. The second kappa shape index (κ2) is 12.7. The first-order chi connectivity index (χ1) is 26.1. The van der Waals surface area contributed by atoms with Crippen molar-refractivity contribution >= 4 is 51.5 Å². The molecule has 7 aromatic carbocycles. The van der Waals surface area contributed by atoms with E-state index in [1.165, 1.54) is 44.7 Å². The van der Waals surface area contributed by atoms with Crippen LogP contribution in [0.3, 0.4) is 0 Å². The first-order valence-electron chi connectivity index (χ1n) is 18.1. The van der Waals surface area contributed by atoms with Crippen LogP contribution in [0.2, 0.25) is 10.0 Å². The summed E-state index contributed by atoms with van der Waals surface area (Å²) in [6.45, 7) is 0. The van der Waals surface area contributed by atoms with Gasteiger partial charge in [0.25, 0.3) is 0 Å². The number of nitrogens with zero attached hydrogens (tertiary/aromatic N) is 1. The third kappa shape index (κ3) is 5.16. The lowest BCUT2D eigenvalue weighted by atomic mass is 9.58. The van der Waals surface area contributed by atoms with Crippen LogP contribution in [-0.2, 0) is 5.41 Å². The molecule has 0 atom stereocenters. The highest BCUT2D eigenvalue weighted by atomic mass is 35.5. The van der Waals surface area contributed by atoms with Crippen LogP contribution in [0.25, 0.3) is 27.8 Å². The average molecular weight is 722 g/mol. The molecule has 53 heavy (non-hydrogen) atoms. The van der Waals surface area contributed by atoms with Crippen molar-refractivity contribution in [1.29, 1.82) is 0 Å². The quantitative estimate of drug-likeness (QED) is 0.195. The fraction of sp³-hybridized carbons (Fsp3) is 0.0612. The van der Waals surface area contributed by atoms with Crippen molar-refractivity contribution in [2.45, 2.75) is 18.3 Å². The van der Waals surface area contributed by atoms with Gasteiger partial charge in [-0.1, -0.05) is 138 Å². The van der Waals surface area contributed by atoms with Gasteiger partial charge in [0.05, 0.1) is 11.1 Å². The van der Waals surface area contributed by atoms with Crippen molar-refractivity contribution in [2.75, 3.05) is 10.2 Å². The predicted octanol–water partition coefficient (Wildman–Crippen LogP) is 14.0. The molecule has 1 spiro atoms. The predicted molar refractivity (Wildman–Crippen MR) is 223 cm³/mol. The molecule has 2 aliphatic heterocycles. The van der Waals surface area contributed by atoms with E-state index in [1.807, 2.05) is 12.1 Å². The smallest absolute Gasteiger partial charge is 0.0780 e. The average Bonchev–Trinajstić information content (AvgIpc) is 3.22. The Bertz CT molecular complexity index is 2540. The van der Waals surface area contributed by atoms with Crippen LogP contribution >= 0.6 is 23.2 Å². The molecular formula is C49H34Cl2N2. The Labute approximate surface area is 320 Å². The molecule has 0 saturated carbocycles. The standard InChI is InChI=1S/C49H34Cl2N2/c50-38-20-24-45-41(30-38)49(42-31-39(51)21-25-46(42)52-45)43-28-36(33-12-6-2-7-13-33)18-26-47(43)53(40-22-16-35(17-23-40)32-10-4-1-5-11-32)48-27-19-37(29-44(48)49)34-14-8-3-9-15-34/h1-18,20-26,28-31,52H,19,27H2. The summed E-state index contributed by atoms with van der Waals surface area (Å²) >= 11 is 14.0. The minimum atomic E-state index is -0.734. The lowest BCUT2D eigenvalue weighted by molar-refractivity contribution is 0.687. The molecule has 10 rings (SSSR count). The lowest BCUT2D eigenvalue weighted by Gasteiger charge is -2.51. The molecule has 0 radical (unpaired) electrons. The largest absolute Gasteiger partial charge is 0.355 e. The van der Waals surface area contributed by atoms with E-state index in [1.54, 1.807) is 0 Å². The third-order valence-electron chi connectivity index (χ3n) is 11.1. The zero-order valence-electron chi connectivity index (χ0n) is 28.9. The summed E-state index contributed by atoms with van der Waals surface area (Å²) in [6, 6.07) is 60.6. The van der Waals surface area contributed by atoms with Crippen molar-refractivity contribution in [3.05, 3.63) is 220 Å². The van der Waals surface area contributed by atoms with Gasteiger partial charge in [-0.3, -0.25) is 0 Å². The fourth-order valence-corrected chi connectivity index (χ4v) is 9.10. The molecule has 3 aliphatic rings. The summed E-state index contributed by atoms with van der Waals surface area (Å²) in [5, 5.41) is 5.16. The Kier molecular flexibility index (Phi) is 7.65. The molecule has 1 aliphatic carbocycles. The van der Waals surface area contributed by atoms with Gasteiger partial charge >= 0.3 is 0 Å². The van der Waals surface area contributed by atoms with Crippen LogP contribution in [0.1, 0.15) is 35.1 Å². The van der Waals surface area contributed by atoms with Gasteiger partial charge in [-0.25, -0.2) is 0 Å². The van der Waals surface area contributed by atoms with Gasteiger partial charge in [-0.05, 0) is 129 Å². The van der Waals surface area contributed by atoms with Crippen LogP contribution < -0.4 is 10.2 Å². The van der Waals surface area contributed by atoms with Gasteiger partial charge in [0, 0.05) is 32.8 Å². The summed E-state index contributed by atoms with van der Waals surface area (Å²) in [6.07, 6.45) is 4.24. The van der Waals surface area contributed by atoms with E-state index < -0.39 is 5.41 Å². The van der Waals surface area contributed by atoms with Crippen molar-refractivity contribution in [3.8, 4) is 22.3 Å². The van der Waals surface area contributed by atoms with Crippen LogP contribution in [0.4, 0.5) is 22.7 Å².